The van der Waals surface area contributed by atoms with Crippen molar-refractivity contribution in [1.82, 2.24) is 9.97 Å². The second-order valence-corrected chi connectivity index (χ2v) is 12.6. The van der Waals surface area contributed by atoms with Gasteiger partial charge in [0.25, 0.3) is 0 Å². The summed E-state index contributed by atoms with van der Waals surface area (Å²) in [5.74, 6) is 0. The van der Waals surface area contributed by atoms with Gasteiger partial charge in [0.05, 0.1) is 6.61 Å². The zero-order valence-corrected chi connectivity index (χ0v) is 14.6. The first kappa shape index (κ1) is 14.7. The molecule has 0 fully saturated rings. The van der Waals surface area contributed by atoms with Crippen LogP contribution in [0.5, 0.6) is 0 Å². The molecule has 0 aliphatic carbocycles. The number of aromatic amines is 1. The minimum absolute atomic E-state index is 0.642. The van der Waals surface area contributed by atoms with E-state index >= 15 is 0 Å². The third-order valence-corrected chi connectivity index (χ3v) is 5.58. The molecule has 0 aliphatic rings. The minimum Gasteiger partial charge on any atom is -0.377 e. The van der Waals surface area contributed by atoms with E-state index in [9.17, 15) is 0 Å². The van der Waals surface area contributed by atoms with Crippen LogP contribution >= 0.6 is 15.9 Å². The summed E-state index contributed by atoms with van der Waals surface area (Å²) in [6, 6.07) is 1.20. The summed E-state index contributed by atoms with van der Waals surface area (Å²) in [4.78, 5) is 7.57. The predicted octanol–water partition coefficient (Wildman–Crippen LogP) is 4.49. The van der Waals surface area contributed by atoms with Gasteiger partial charge in [-0.3, -0.25) is 0 Å². The van der Waals surface area contributed by atoms with Gasteiger partial charge in [-0.2, -0.15) is 0 Å². The van der Waals surface area contributed by atoms with Crippen LogP contribution in [0.4, 0.5) is 0 Å². The smallest absolute Gasteiger partial charge is 0.137 e. The molecule has 19 heavy (non-hydrogen) atoms. The minimum atomic E-state index is -1.02. The van der Waals surface area contributed by atoms with Crippen molar-refractivity contribution in [2.75, 3.05) is 6.61 Å². The van der Waals surface area contributed by atoms with Crippen LogP contribution in [-0.2, 0) is 11.3 Å². The Labute approximate surface area is 123 Å². The molecule has 2 aromatic heterocycles. The first-order valence-corrected chi connectivity index (χ1v) is 11.1. The summed E-state index contributed by atoms with van der Waals surface area (Å²) < 4.78 is 6.90. The average molecular weight is 341 g/mol. The van der Waals surface area contributed by atoms with Crippen molar-refractivity contribution in [1.29, 1.82) is 0 Å². The van der Waals surface area contributed by atoms with E-state index in [2.05, 4.69) is 52.5 Å². The summed E-state index contributed by atoms with van der Waals surface area (Å²) in [5.41, 5.74) is 3.34. The number of hydrogen-bond donors (Lipinski definition) is 1. The van der Waals surface area contributed by atoms with Crippen LogP contribution in [0.15, 0.2) is 16.9 Å². The van der Waals surface area contributed by atoms with Crippen molar-refractivity contribution in [3.05, 3.63) is 28.0 Å². The summed E-state index contributed by atoms with van der Waals surface area (Å²) in [5, 5.41) is 1.18. The lowest BCUT2D eigenvalue weighted by atomic mass is 10.1. The SMILES string of the molecule is Cc1c[nH]c2ncc(Br)c(COCC[Si](C)(C)C)c12. The topological polar surface area (TPSA) is 37.9 Å². The second kappa shape index (κ2) is 5.77. The van der Waals surface area contributed by atoms with Gasteiger partial charge in [0, 0.05) is 42.5 Å². The highest BCUT2D eigenvalue weighted by molar-refractivity contribution is 9.10. The number of nitrogens with one attached hydrogen (secondary N) is 1. The molecule has 104 valence electrons. The molecule has 0 saturated carbocycles. The van der Waals surface area contributed by atoms with Crippen LogP contribution in [0.2, 0.25) is 25.7 Å². The molecule has 0 atom stereocenters. The highest BCUT2D eigenvalue weighted by Gasteiger charge is 2.14. The van der Waals surface area contributed by atoms with E-state index in [0.29, 0.717) is 6.61 Å². The fourth-order valence-corrected chi connectivity index (χ4v) is 3.17. The molecule has 0 radical (unpaired) electrons. The maximum atomic E-state index is 5.87. The lowest BCUT2D eigenvalue weighted by Gasteiger charge is -2.16. The fraction of sp³-hybridized carbons (Fsp3) is 0.500. The summed E-state index contributed by atoms with van der Waals surface area (Å²) in [7, 11) is -1.02. The Balaban J connectivity index is 2.12. The highest BCUT2D eigenvalue weighted by atomic mass is 79.9. The normalized spacial score (nSPS) is 12.3. The van der Waals surface area contributed by atoms with Gasteiger partial charge in [-0.05, 0) is 34.5 Å². The van der Waals surface area contributed by atoms with Crippen LogP contribution in [0.1, 0.15) is 11.1 Å². The molecule has 0 saturated heterocycles. The molecule has 3 nitrogen and oxygen atoms in total. The first-order valence-electron chi connectivity index (χ1n) is 6.57. The number of nitrogens with zero attached hydrogens (tertiary/aromatic N) is 1. The number of aromatic nitrogens is 2. The van der Waals surface area contributed by atoms with Crippen molar-refractivity contribution in [3.8, 4) is 0 Å². The van der Waals surface area contributed by atoms with Gasteiger partial charge < -0.3 is 9.72 Å². The molecule has 2 heterocycles. The molecular weight excluding hydrogens is 320 g/mol. The number of ether oxygens (including phenoxy) is 1. The number of rotatable bonds is 5. The van der Waals surface area contributed by atoms with Gasteiger partial charge in [0.15, 0.2) is 0 Å². The summed E-state index contributed by atoms with van der Waals surface area (Å²) in [6.45, 7) is 10.7. The Hall–Kier alpha value is -0.653. The van der Waals surface area contributed by atoms with Crippen LogP contribution < -0.4 is 0 Å². The second-order valence-electron chi connectivity index (χ2n) is 6.14. The molecule has 0 unspecified atom stereocenters. The molecule has 0 bridgehead atoms. The van der Waals surface area contributed by atoms with E-state index in [1.165, 1.54) is 22.6 Å². The molecule has 0 aromatic carbocycles. The van der Waals surface area contributed by atoms with Crippen LogP contribution in [0, 0.1) is 6.92 Å². The van der Waals surface area contributed by atoms with Gasteiger partial charge in [0.2, 0.25) is 0 Å². The Morgan fingerprint density at radius 3 is 2.79 bits per heavy atom. The predicted molar refractivity (Wildman–Crippen MR) is 86.3 cm³/mol. The zero-order valence-electron chi connectivity index (χ0n) is 12.0. The highest BCUT2D eigenvalue weighted by Crippen LogP contribution is 2.27. The van der Waals surface area contributed by atoms with Crippen molar-refractivity contribution in [2.45, 2.75) is 39.2 Å². The number of fused-ring (bicyclic) bond motifs is 1. The van der Waals surface area contributed by atoms with Crippen LogP contribution in [0.3, 0.4) is 0 Å². The van der Waals surface area contributed by atoms with E-state index in [4.69, 9.17) is 4.74 Å². The Morgan fingerprint density at radius 2 is 2.11 bits per heavy atom. The Kier molecular flexibility index (Phi) is 4.48. The first-order chi connectivity index (χ1) is 8.88. The maximum Gasteiger partial charge on any atom is 0.137 e. The third kappa shape index (κ3) is 3.67. The number of hydrogen-bond acceptors (Lipinski definition) is 2. The third-order valence-electron chi connectivity index (χ3n) is 3.20. The zero-order chi connectivity index (χ0) is 14.0. The van der Waals surface area contributed by atoms with E-state index < -0.39 is 8.07 Å². The maximum absolute atomic E-state index is 5.87. The Bertz CT molecular complexity index is 575. The lowest BCUT2D eigenvalue weighted by Crippen LogP contribution is -2.21. The molecule has 2 rings (SSSR count). The monoisotopic (exact) mass is 340 g/mol. The van der Waals surface area contributed by atoms with Crippen LogP contribution in [-0.4, -0.2) is 24.6 Å². The number of aryl methyl sites for hydroxylation is 1. The van der Waals surface area contributed by atoms with Crippen molar-refractivity contribution < 1.29 is 4.74 Å². The standard InChI is InChI=1S/C14H21BrN2OSi/c1-10-7-16-14-13(10)11(12(15)8-17-14)9-18-5-6-19(2,3)4/h7-8H,5-6,9H2,1-4H3,(H,16,17). The fourth-order valence-electron chi connectivity index (χ4n) is 2.00. The summed E-state index contributed by atoms with van der Waals surface area (Å²) >= 11 is 3.58. The van der Waals surface area contributed by atoms with Crippen molar-refractivity contribution in [3.63, 3.8) is 0 Å². The van der Waals surface area contributed by atoms with Crippen molar-refractivity contribution in [2.24, 2.45) is 0 Å². The molecule has 1 N–H and O–H groups in total. The van der Waals surface area contributed by atoms with Gasteiger partial charge >= 0.3 is 0 Å². The molecule has 0 aliphatic heterocycles. The molecule has 0 spiro atoms. The van der Waals surface area contributed by atoms with E-state index in [0.717, 1.165) is 16.7 Å². The van der Waals surface area contributed by atoms with E-state index in [1.807, 2.05) is 12.4 Å². The van der Waals surface area contributed by atoms with Gasteiger partial charge in [-0.1, -0.05) is 19.6 Å². The molecule has 5 heteroatoms. The molecule has 2 aromatic rings. The summed E-state index contributed by atoms with van der Waals surface area (Å²) in [6.07, 6.45) is 3.84. The number of H-pyrrole nitrogens is 1. The number of halogens is 1. The van der Waals surface area contributed by atoms with Crippen LogP contribution in [0.25, 0.3) is 11.0 Å². The van der Waals surface area contributed by atoms with Gasteiger partial charge in [-0.25, -0.2) is 4.98 Å². The van der Waals surface area contributed by atoms with Crippen molar-refractivity contribution >= 4 is 35.0 Å². The van der Waals surface area contributed by atoms with E-state index in [1.54, 1.807) is 0 Å². The van der Waals surface area contributed by atoms with Gasteiger partial charge in [0.1, 0.15) is 5.65 Å². The largest absolute Gasteiger partial charge is 0.377 e. The Morgan fingerprint density at radius 1 is 1.37 bits per heavy atom. The van der Waals surface area contributed by atoms with Gasteiger partial charge in [-0.15, -0.1) is 0 Å². The number of pyridine rings is 1. The average Bonchev–Trinajstić information content (AvgIpc) is 2.68. The molecule has 0 amide bonds. The lowest BCUT2D eigenvalue weighted by molar-refractivity contribution is 0.133. The quantitative estimate of drug-likeness (QED) is 0.643. The molecular formula is C14H21BrN2OSi. The van der Waals surface area contributed by atoms with E-state index in [-0.39, 0.29) is 0 Å².